The largest absolute Gasteiger partial charge is 0.382 e. The van der Waals surface area contributed by atoms with E-state index in [4.69, 9.17) is 0 Å². The van der Waals surface area contributed by atoms with E-state index in [1.54, 1.807) is 24.1 Å². The molecule has 0 saturated heterocycles. The standard InChI is InChI=1S/C14H21N3O3/c1-4-6-10-16(5-2)14(18)11-8-7-9-12(17(19)20)13(11)15-3/h7-9,15H,4-6,10H2,1-3H3. The molecule has 0 saturated carbocycles. The first-order valence-electron chi connectivity index (χ1n) is 6.81. The van der Waals surface area contributed by atoms with Crippen molar-refractivity contribution in [3.05, 3.63) is 33.9 Å². The van der Waals surface area contributed by atoms with Crippen LogP contribution in [-0.2, 0) is 0 Å². The summed E-state index contributed by atoms with van der Waals surface area (Å²) in [5, 5.41) is 13.8. The van der Waals surface area contributed by atoms with Gasteiger partial charge in [-0.3, -0.25) is 14.9 Å². The number of carbonyl (C=O) groups is 1. The van der Waals surface area contributed by atoms with E-state index in [0.717, 1.165) is 12.8 Å². The van der Waals surface area contributed by atoms with Gasteiger partial charge in [0.15, 0.2) is 0 Å². The maximum atomic E-state index is 12.5. The highest BCUT2D eigenvalue weighted by Gasteiger charge is 2.23. The van der Waals surface area contributed by atoms with Crippen molar-refractivity contribution in [3.63, 3.8) is 0 Å². The Morgan fingerprint density at radius 2 is 2.10 bits per heavy atom. The second kappa shape index (κ2) is 7.47. The van der Waals surface area contributed by atoms with Gasteiger partial charge in [-0.2, -0.15) is 0 Å². The van der Waals surface area contributed by atoms with Gasteiger partial charge in [-0.15, -0.1) is 0 Å². The predicted octanol–water partition coefficient (Wildman–Crippen LogP) is 2.90. The number of anilines is 1. The molecule has 1 N–H and O–H groups in total. The number of unbranched alkanes of at least 4 members (excludes halogenated alkanes) is 1. The maximum absolute atomic E-state index is 12.5. The molecule has 0 unspecified atom stereocenters. The lowest BCUT2D eigenvalue weighted by atomic mass is 10.1. The number of para-hydroxylation sites is 1. The Kier molecular flexibility index (Phi) is 5.96. The zero-order valence-corrected chi connectivity index (χ0v) is 12.2. The van der Waals surface area contributed by atoms with Crippen molar-refractivity contribution in [3.8, 4) is 0 Å². The van der Waals surface area contributed by atoms with Gasteiger partial charge in [-0.25, -0.2) is 0 Å². The summed E-state index contributed by atoms with van der Waals surface area (Å²) in [6, 6.07) is 4.56. The normalized spacial score (nSPS) is 10.2. The van der Waals surface area contributed by atoms with E-state index in [2.05, 4.69) is 12.2 Å². The molecule has 0 atom stereocenters. The van der Waals surface area contributed by atoms with Crippen LogP contribution in [0.25, 0.3) is 0 Å². The monoisotopic (exact) mass is 279 g/mol. The van der Waals surface area contributed by atoms with Crippen LogP contribution < -0.4 is 5.32 Å². The zero-order valence-electron chi connectivity index (χ0n) is 12.2. The topological polar surface area (TPSA) is 75.5 Å². The van der Waals surface area contributed by atoms with Gasteiger partial charge in [0.25, 0.3) is 11.6 Å². The van der Waals surface area contributed by atoms with Gasteiger partial charge >= 0.3 is 0 Å². The fraction of sp³-hybridized carbons (Fsp3) is 0.500. The lowest BCUT2D eigenvalue weighted by Crippen LogP contribution is -2.32. The summed E-state index contributed by atoms with van der Waals surface area (Å²) in [5.74, 6) is -0.172. The molecular weight excluding hydrogens is 258 g/mol. The molecular formula is C14H21N3O3. The second-order valence-electron chi connectivity index (χ2n) is 4.45. The number of benzene rings is 1. The van der Waals surface area contributed by atoms with E-state index in [-0.39, 0.29) is 17.3 Å². The lowest BCUT2D eigenvalue weighted by molar-refractivity contribution is -0.384. The first-order chi connectivity index (χ1) is 9.56. The SMILES string of the molecule is CCCCN(CC)C(=O)c1cccc([N+](=O)[O-])c1NC. The van der Waals surface area contributed by atoms with Gasteiger partial charge in [0.05, 0.1) is 10.5 Å². The summed E-state index contributed by atoms with van der Waals surface area (Å²) in [4.78, 5) is 24.7. The number of rotatable bonds is 7. The molecule has 20 heavy (non-hydrogen) atoms. The van der Waals surface area contributed by atoms with Crippen LogP contribution in [0.3, 0.4) is 0 Å². The van der Waals surface area contributed by atoms with Crippen molar-refractivity contribution in [2.75, 3.05) is 25.5 Å². The quantitative estimate of drug-likeness (QED) is 0.615. The van der Waals surface area contributed by atoms with Crippen LogP contribution in [0.4, 0.5) is 11.4 Å². The first kappa shape index (κ1) is 15.9. The highest BCUT2D eigenvalue weighted by molar-refractivity contribution is 6.01. The van der Waals surface area contributed by atoms with Crippen LogP contribution in [0.5, 0.6) is 0 Å². The molecule has 1 amide bonds. The highest BCUT2D eigenvalue weighted by Crippen LogP contribution is 2.28. The highest BCUT2D eigenvalue weighted by atomic mass is 16.6. The molecule has 0 aromatic heterocycles. The van der Waals surface area contributed by atoms with E-state index >= 15 is 0 Å². The summed E-state index contributed by atoms with van der Waals surface area (Å²) >= 11 is 0. The number of nitro benzene ring substituents is 1. The van der Waals surface area contributed by atoms with Crippen molar-refractivity contribution in [2.45, 2.75) is 26.7 Å². The Labute approximate surface area is 118 Å². The molecule has 0 aliphatic heterocycles. The number of carbonyl (C=O) groups excluding carboxylic acids is 1. The number of nitrogens with zero attached hydrogens (tertiary/aromatic N) is 2. The molecule has 1 aromatic carbocycles. The minimum absolute atomic E-state index is 0.0788. The Bertz CT molecular complexity index is 489. The average Bonchev–Trinajstić information content (AvgIpc) is 2.46. The predicted molar refractivity (Wildman–Crippen MR) is 79.1 cm³/mol. The Morgan fingerprint density at radius 3 is 2.60 bits per heavy atom. The zero-order chi connectivity index (χ0) is 15.1. The third-order valence-corrected chi connectivity index (χ3v) is 3.17. The lowest BCUT2D eigenvalue weighted by Gasteiger charge is -2.21. The fourth-order valence-corrected chi connectivity index (χ4v) is 2.06. The van der Waals surface area contributed by atoms with E-state index in [9.17, 15) is 14.9 Å². The minimum Gasteiger partial charge on any atom is -0.382 e. The number of hydrogen-bond donors (Lipinski definition) is 1. The molecule has 0 heterocycles. The number of amides is 1. The molecule has 0 spiro atoms. The van der Waals surface area contributed by atoms with Crippen LogP contribution in [-0.4, -0.2) is 35.9 Å². The van der Waals surface area contributed by atoms with Crippen molar-refractivity contribution in [1.29, 1.82) is 0 Å². The Morgan fingerprint density at radius 1 is 1.40 bits per heavy atom. The van der Waals surface area contributed by atoms with Gasteiger partial charge in [0, 0.05) is 26.2 Å². The number of nitro groups is 1. The van der Waals surface area contributed by atoms with Gasteiger partial charge in [0.2, 0.25) is 0 Å². The third-order valence-electron chi connectivity index (χ3n) is 3.17. The first-order valence-corrected chi connectivity index (χ1v) is 6.81. The van der Waals surface area contributed by atoms with Crippen LogP contribution in [0.1, 0.15) is 37.0 Å². The summed E-state index contributed by atoms with van der Waals surface area (Å²) in [6.45, 7) is 5.22. The maximum Gasteiger partial charge on any atom is 0.293 e. The van der Waals surface area contributed by atoms with Gasteiger partial charge in [-0.1, -0.05) is 19.4 Å². The summed E-state index contributed by atoms with van der Waals surface area (Å²) in [5.41, 5.74) is 0.544. The molecule has 0 aliphatic carbocycles. The molecule has 6 nitrogen and oxygen atoms in total. The van der Waals surface area contributed by atoms with Crippen LogP contribution in [0.15, 0.2) is 18.2 Å². The molecule has 1 rings (SSSR count). The van der Waals surface area contributed by atoms with Crippen LogP contribution in [0, 0.1) is 10.1 Å². The Balaban J connectivity index is 3.14. The molecule has 0 aliphatic rings. The van der Waals surface area contributed by atoms with E-state index in [0.29, 0.717) is 18.7 Å². The smallest absolute Gasteiger partial charge is 0.293 e. The molecule has 0 bridgehead atoms. The summed E-state index contributed by atoms with van der Waals surface area (Å²) in [7, 11) is 1.58. The molecule has 0 radical (unpaired) electrons. The molecule has 110 valence electrons. The van der Waals surface area contributed by atoms with E-state index in [1.807, 2.05) is 6.92 Å². The minimum atomic E-state index is -0.481. The van der Waals surface area contributed by atoms with Crippen molar-refractivity contribution in [2.24, 2.45) is 0 Å². The molecule has 0 fully saturated rings. The average molecular weight is 279 g/mol. The molecule has 1 aromatic rings. The molecule has 6 heteroatoms. The van der Waals surface area contributed by atoms with E-state index < -0.39 is 4.92 Å². The number of nitrogens with one attached hydrogen (secondary N) is 1. The summed E-state index contributed by atoms with van der Waals surface area (Å²) < 4.78 is 0. The van der Waals surface area contributed by atoms with Gasteiger partial charge < -0.3 is 10.2 Å². The number of hydrogen-bond acceptors (Lipinski definition) is 4. The Hall–Kier alpha value is -2.11. The summed E-state index contributed by atoms with van der Waals surface area (Å²) in [6.07, 6.45) is 1.92. The van der Waals surface area contributed by atoms with Crippen LogP contribution >= 0.6 is 0 Å². The van der Waals surface area contributed by atoms with E-state index in [1.165, 1.54) is 6.07 Å². The van der Waals surface area contributed by atoms with Crippen LogP contribution in [0.2, 0.25) is 0 Å². The fourth-order valence-electron chi connectivity index (χ4n) is 2.06. The van der Waals surface area contributed by atoms with Gasteiger partial charge in [0.1, 0.15) is 5.69 Å². The van der Waals surface area contributed by atoms with Crippen molar-refractivity contribution >= 4 is 17.3 Å². The van der Waals surface area contributed by atoms with Gasteiger partial charge in [-0.05, 0) is 19.4 Å². The third kappa shape index (κ3) is 3.46. The van der Waals surface area contributed by atoms with Crippen molar-refractivity contribution in [1.82, 2.24) is 4.90 Å². The van der Waals surface area contributed by atoms with Crippen molar-refractivity contribution < 1.29 is 9.72 Å². The second-order valence-corrected chi connectivity index (χ2v) is 4.45.